The summed E-state index contributed by atoms with van der Waals surface area (Å²) in [5, 5.41) is 39.5. The van der Waals surface area contributed by atoms with Crippen molar-refractivity contribution in [3.05, 3.63) is 48.0 Å². The SMILES string of the molecule is O=C(O)CCCCCCC1C(/C=C/[C@@H](O)CCc2ccccc2)[C@H](O)C[C@@H]1O. The molecule has 1 aliphatic carbocycles. The maximum atomic E-state index is 10.5. The summed E-state index contributed by atoms with van der Waals surface area (Å²) < 4.78 is 0. The molecule has 5 heteroatoms. The van der Waals surface area contributed by atoms with Gasteiger partial charge in [0.15, 0.2) is 0 Å². The number of aliphatic carboxylic acids is 1. The Hall–Kier alpha value is -1.69. The Morgan fingerprint density at radius 1 is 1.07 bits per heavy atom. The molecule has 156 valence electrons. The summed E-state index contributed by atoms with van der Waals surface area (Å²) in [6.45, 7) is 0. The topological polar surface area (TPSA) is 98.0 Å². The van der Waals surface area contributed by atoms with Gasteiger partial charge in [0.2, 0.25) is 0 Å². The Balaban J connectivity index is 1.76. The van der Waals surface area contributed by atoms with Gasteiger partial charge in [-0.3, -0.25) is 4.79 Å². The third kappa shape index (κ3) is 7.74. The molecule has 5 nitrogen and oxygen atoms in total. The molecular formula is C23H34O5. The van der Waals surface area contributed by atoms with Gasteiger partial charge in [-0.15, -0.1) is 0 Å². The zero-order valence-corrected chi connectivity index (χ0v) is 16.5. The van der Waals surface area contributed by atoms with E-state index in [4.69, 9.17) is 5.11 Å². The van der Waals surface area contributed by atoms with E-state index < -0.39 is 24.3 Å². The molecule has 0 saturated heterocycles. The molecule has 0 heterocycles. The molecule has 5 atom stereocenters. The molecule has 1 aromatic rings. The average molecular weight is 391 g/mol. The number of unbranched alkanes of at least 4 members (excludes halogenated alkanes) is 3. The Morgan fingerprint density at radius 3 is 2.50 bits per heavy atom. The molecule has 0 bridgehead atoms. The van der Waals surface area contributed by atoms with Crippen LogP contribution >= 0.6 is 0 Å². The minimum Gasteiger partial charge on any atom is -0.481 e. The Labute approximate surface area is 167 Å². The molecule has 28 heavy (non-hydrogen) atoms. The van der Waals surface area contributed by atoms with Crippen LogP contribution in [0.5, 0.6) is 0 Å². The normalized spacial score (nSPS) is 26.0. The first-order chi connectivity index (χ1) is 13.5. The zero-order chi connectivity index (χ0) is 20.4. The highest BCUT2D eigenvalue weighted by molar-refractivity contribution is 5.66. The first-order valence-electron chi connectivity index (χ1n) is 10.5. The van der Waals surface area contributed by atoms with Gasteiger partial charge in [-0.1, -0.05) is 61.7 Å². The first-order valence-corrected chi connectivity index (χ1v) is 10.5. The maximum Gasteiger partial charge on any atom is 0.303 e. The fraction of sp³-hybridized carbons (Fsp3) is 0.609. The van der Waals surface area contributed by atoms with Gasteiger partial charge in [-0.25, -0.2) is 0 Å². The van der Waals surface area contributed by atoms with E-state index in [9.17, 15) is 20.1 Å². The standard InChI is InChI=1S/C23H34O5/c24-18(13-12-17-8-4-3-5-9-17)14-15-20-19(21(25)16-22(20)26)10-6-1-2-7-11-23(27)28/h3-5,8-9,14-15,18-22,24-26H,1-2,6-7,10-13,16H2,(H,27,28)/b15-14+/t18-,19?,20?,21-,22+/m0/s1. The summed E-state index contributed by atoms with van der Waals surface area (Å²) in [5.74, 6) is -0.905. The average Bonchev–Trinajstić information content (AvgIpc) is 2.94. The number of hydrogen-bond donors (Lipinski definition) is 4. The minimum atomic E-state index is -0.759. The Bertz CT molecular complexity index is 600. The van der Waals surface area contributed by atoms with E-state index in [1.54, 1.807) is 6.08 Å². The molecule has 0 radical (unpaired) electrons. The van der Waals surface area contributed by atoms with Crippen molar-refractivity contribution in [3.8, 4) is 0 Å². The molecule has 0 aromatic heterocycles. The number of carboxylic acid groups (broad SMARTS) is 1. The Morgan fingerprint density at radius 2 is 1.79 bits per heavy atom. The van der Waals surface area contributed by atoms with Gasteiger partial charge < -0.3 is 20.4 Å². The lowest BCUT2D eigenvalue weighted by Crippen LogP contribution is -2.21. The highest BCUT2D eigenvalue weighted by Crippen LogP contribution is 2.37. The van der Waals surface area contributed by atoms with Crippen LogP contribution in [0.25, 0.3) is 0 Å². The van der Waals surface area contributed by atoms with Gasteiger partial charge in [0.05, 0.1) is 18.3 Å². The quantitative estimate of drug-likeness (QED) is 0.324. The lowest BCUT2D eigenvalue weighted by molar-refractivity contribution is -0.137. The molecular weight excluding hydrogens is 356 g/mol. The van der Waals surface area contributed by atoms with Gasteiger partial charge in [0.1, 0.15) is 0 Å². The van der Waals surface area contributed by atoms with Crippen LogP contribution in [0.4, 0.5) is 0 Å². The van der Waals surface area contributed by atoms with Gasteiger partial charge in [-0.2, -0.15) is 0 Å². The van der Waals surface area contributed by atoms with Gasteiger partial charge >= 0.3 is 5.97 Å². The van der Waals surface area contributed by atoms with Crippen LogP contribution in [-0.2, 0) is 11.2 Å². The minimum absolute atomic E-state index is 0.00736. The number of aryl methyl sites for hydroxylation is 1. The third-order valence-electron chi connectivity index (χ3n) is 5.72. The van der Waals surface area contributed by atoms with E-state index in [2.05, 4.69) is 0 Å². The largest absolute Gasteiger partial charge is 0.481 e. The molecule has 0 amide bonds. The highest BCUT2D eigenvalue weighted by atomic mass is 16.4. The maximum absolute atomic E-state index is 10.5. The van der Waals surface area contributed by atoms with Crippen molar-refractivity contribution >= 4 is 5.97 Å². The highest BCUT2D eigenvalue weighted by Gasteiger charge is 2.39. The smallest absolute Gasteiger partial charge is 0.303 e. The molecule has 1 aromatic carbocycles. The second-order valence-electron chi connectivity index (χ2n) is 7.93. The van der Waals surface area contributed by atoms with Crippen molar-refractivity contribution in [1.82, 2.24) is 0 Å². The number of hydrogen-bond acceptors (Lipinski definition) is 4. The van der Waals surface area contributed by atoms with Crippen molar-refractivity contribution in [1.29, 1.82) is 0 Å². The molecule has 4 N–H and O–H groups in total. The lowest BCUT2D eigenvalue weighted by Gasteiger charge is -2.21. The molecule has 0 spiro atoms. The fourth-order valence-electron chi connectivity index (χ4n) is 4.10. The number of rotatable bonds is 12. The van der Waals surface area contributed by atoms with Crippen LogP contribution in [0.3, 0.4) is 0 Å². The number of aliphatic hydroxyl groups excluding tert-OH is 3. The van der Waals surface area contributed by atoms with E-state index in [1.807, 2.05) is 36.4 Å². The van der Waals surface area contributed by atoms with Crippen molar-refractivity contribution in [2.24, 2.45) is 11.8 Å². The van der Waals surface area contributed by atoms with E-state index in [0.29, 0.717) is 19.3 Å². The molecule has 0 aliphatic heterocycles. The first kappa shape index (κ1) is 22.6. The Kier molecular flexibility index (Phi) is 9.68. The van der Waals surface area contributed by atoms with Crippen LogP contribution in [0.2, 0.25) is 0 Å². The number of benzene rings is 1. The summed E-state index contributed by atoms with van der Waals surface area (Å²) in [7, 11) is 0. The lowest BCUT2D eigenvalue weighted by atomic mass is 9.87. The van der Waals surface area contributed by atoms with E-state index in [-0.39, 0.29) is 18.3 Å². The summed E-state index contributed by atoms with van der Waals surface area (Å²) in [6, 6.07) is 10.0. The predicted molar refractivity (Wildman–Crippen MR) is 109 cm³/mol. The van der Waals surface area contributed by atoms with E-state index in [0.717, 1.165) is 32.1 Å². The molecule has 2 rings (SSSR count). The molecule has 2 unspecified atom stereocenters. The molecule has 1 saturated carbocycles. The van der Waals surface area contributed by atoms with Gasteiger partial charge in [-0.05, 0) is 37.2 Å². The van der Waals surface area contributed by atoms with Crippen molar-refractivity contribution < 1.29 is 25.2 Å². The number of carboxylic acids is 1. The summed E-state index contributed by atoms with van der Waals surface area (Å²) in [4.78, 5) is 10.5. The zero-order valence-electron chi connectivity index (χ0n) is 16.5. The van der Waals surface area contributed by atoms with Crippen molar-refractivity contribution in [3.63, 3.8) is 0 Å². The van der Waals surface area contributed by atoms with E-state index in [1.165, 1.54) is 5.56 Å². The second kappa shape index (κ2) is 12.0. The molecule has 1 fully saturated rings. The molecule has 1 aliphatic rings. The van der Waals surface area contributed by atoms with Crippen LogP contribution in [0.15, 0.2) is 42.5 Å². The predicted octanol–water partition coefficient (Wildman–Crippen LogP) is 3.32. The second-order valence-corrected chi connectivity index (χ2v) is 7.93. The van der Waals surface area contributed by atoms with Crippen LogP contribution < -0.4 is 0 Å². The van der Waals surface area contributed by atoms with Crippen LogP contribution in [-0.4, -0.2) is 44.7 Å². The fourth-order valence-corrected chi connectivity index (χ4v) is 4.10. The van der Waals surface area contributed by atoms with Crippen LogP contribution in [0, 0.1) is 11.8 Å². The summed E-state index contributed by atoms with van der Waals surface area (Å²) >= 11 is 0. The van der Waals surface area contributed by atoms with E-state index >= 15 is 0 Å². The van der Waals surface area contributed by atoms with Crippen LogP contribution in [0.1, 0.15) is 56.9 Å². The monoisotopic (exact) mass is 390 g/mol. The number of aliphatic hydroxyl groups is 3. The summed E-state index contributed by atoms with van der Waals surface area (Å²) in [5.41, 5.74) is 1.19. The number of carbonyl (C=O) groups is 1. The van der Waals surface area contributed by atoms with Crippen molar-refractivity contribution in [2.45, 2.75) is 76.1 Å². The van der Waals surface area contributed by atoms with Gasteiger partial charge in [0, 0.05) is 18.8 Å². The summed E-state index contributed by atoms with van der Waals surface area (Å²) in [6.07, 6.45) is 8.17. The van der Waals surface area contributed by atoms with Crippen molar-refractivity contribution in [2.75, 3.05) is 0 Å². The third-order valence-corrected chi connectivity index (χ3v) is 5.72. The van der Waals surface area contributed by atoms with Gasteiger partial charge in [0.25, 0.3) is 0 Å².